The summed E-state index contributed by atoms with van der Waals surface area (Å²) >= 11 is 0. The summed E-state index contributed by atoms with van der Waals surface area (Å²) in [5.74, 6) is -1.46. The average molecular weight is 250 g/mol. The van der Waals surface area contributed by atoms with Gasteiger partial charge in [-0.15, -0.1) is 0 Å². The van der Waals surface area contributed by atoms with Crippen molar-refractivity contribution in [3.05, 3.63) is 29.6 Å². The van der Waals surface area contributed by atoms with E-state index in [4.69, 9.17) is 5.11 Å². The number of nitrogens with zero attached hydrogens (tertiary/aromatic N) is 1. The first-order chi connectivity index (χ1) is 8.65. The number of carboxylic acid groups (broad SMARTS) is 1. The Morgan fingerprint density at radius 1 is 1.22 bits per heavy atom. The lowest BCUT2D eigenvalue weighted by molar-refractivity contribution is 0.0690. The molecule has 0 saturated heterocycles. The molecule has 0 saturated carbocycles. The Morgan fingerprint density at radius 2 is 1.94 bits per heavy atom. The Hall–Kier alpha value is -1.91. The van der Waals surface area contributed by atoms with Crippen LogP contribution < -0.4 is 5.32 Å². The van der Waals surface area contributed by atoms with Crippen LogP contribution in [0.5, 0.6) is 0 Å². The monoisotopic (exact) mass is 250 g/mol. The second kappa shape index (κ2) is 7.42. The van der Waals surface area contributed by atoms with Crippen LogP contribution in [0.25, 0.3) is 0 Å². The largest absolute Gasteiger partial charge is 0.477 e. The molecular formula is C13H18N2O3. The summed E-state index contributed by atoms with van der Waals surface area (Å²) in [4.78, 5) is 26.2. The molecule has 0 fully saturated rings. The van der Waals surface area contributed by atoms with Crippen molar-refractivity contribution in [1.82, 2.24) is 10.3 Å². The molecule has 1 amide bonds. The van der Waals surface area contributed by atoms with Crippen molar-refractivity contribution in [1.29, 1.82) is 0 Å². The lowest BCUT2D eigenvalue weighted by atomic mass is 10.2. The van der Waals surface area contributed by atoms with Crippen LogP contribution in [0.3, 0.4) is 0 Å². The minimum absolute atomic E-state index is 0.117. The molecule has 0 aromatic carbocycles. The molecule has 1 rings (SSSR count). The van der Waals surface area contributed by atoms with Gasteiger partial charge in [0.15, 0.2) is 0 Å². The Balaban J connectivity index is 2.46. The second-order valence-electron chi connectivity index (χ2n) is 4.03. The molecule has 18 heavy (non-hydrogen) atoms. The van der Waals surface area contributed by atoms with E-state index >= 15 is 0 Å². The van der Waals surface area contributed by atoms with Crippen molar-refractivity contribution in [2.75, 3.05) is 6.54 Å². The summed E-state index contributed by atoms with van der Waals surface area (Å²) in [7, 11) is 0. The molecule has 98 valence electrons. The van der Waals surface area contributed by atoms with Gasteiger partial charge in [0.05, 0.1) is 0 Å². The quantitative estimate of drug-likeness (QED) is 0.726. The summed E-state index contributed by atoms with van der Waals surface area (Å²) in [6.07, 6.45) is 4.32. The third-order valence-electron chi connectivity index (χ3n) is 2.52. The molecule has 0 spiro atoms. The average Bonchev–Trinajstić information content (AvgIpc) is 2.38. The van der Waals surface area contributed by atoms with Crippen molar-refractivity contribution >= 4 is 11.9 Å². The van der Waals surface area contributed by atoms with E-state index in [1.165, 1.54) is 18.2 Å². The first-order valence-corrected chi connectivity index (χ1v) is 6.13. The Labute approximate surface area is 106 Å². The fraction of sp³-hybridized carbons (Fsp3) is 0.462. The Morgan fingerprint density at radius 3 is 2.61 bits per heavy atom. The molecule has 1 heterocycles. The first kappa shape index (κ1) is 14.2. The van der Waals surface area contributed by atoms with E-state index in [2.05, 4.69) is 17.2 Å². The molecule has 5 heteroatoms. The first-order valence-electron chi connectivity index (χ1n) is 6.13. The molecule has 5 nitrogen and oxygen atoms in total. The van der Waals surface area contributed by atoms with Crippen LogP contribution in [0.15, 0.2) is 18.2 Å². The molecule has 0 aliphatic heterocycles. The van der Waals surface area contributed by atoms with Crippen LogP contribution in [0.1, 0.15) is 53.6 Å². The zero-order valence-corrected chi connectivity index (χ0v) is 10.5. The zero-order valence-electron chi connectivity index (χ0n) is 10.5. The van der Waals surface area contributed by atoms with Gasteiger partial charge in [-0.05, 0) is 18.6 Å². The predicted molar refractivity (Wildman–Crippen MR) is 67.7 cm³/mol. The van der Waals surface area contributed by atoms with Gasteiger partial charge in [0.2, 0.25) is 0 Å². The Kier molecular flexibility index (Phi) is 5.84. The topological polar surface area (TPSA) is 79.3 Å². The predicted octanol–water partition coefficient (Wildman–Crippen LogP) is 2.09. The number of hydrogen-bond donors (Lipinski definition) is 2. The molecule has 0 radical (unpaired) electrons. The van der Waals surface area contributed by atoms with Gasteiger partial charge < -0.3 is 10.4 Å². The van der Waals surface area contributed by atoms with Crippen LogP contribution in [0, 0.1) is 0 Å². The van der Waals surface area contributed by atoms with Gasteiger partial charge in [-0.2, -0.15) is 0 Å². The van der Waals surface area contributed by atoms with Gasteiger partial charge in [-0.25, -0.2) is 9.78 Å². The molecule has 0 aliphatic carbocycles. The van der Waals surface area contributed by atoms with E-state index in [1.807, 2.05) is 0 Å². The SMILES string of the molecule is CCCCCCNC(=O)c1cccc(C(=O)O)n1. The van der Waals surface area contributed by atoms with E-state index < -0.39 is 5.97 Å². The molecule has 2 N–H and O–H groups in total. The van der Waals surface area contributed by atoms with E-state index in [0.29, 0.717) is 6.54 Å². The number of pyridine rings is 1. The maximum absolute atomic E-state index is 11.7. The highest BCUT2D eigenvalue weighted by Crippen LogP contribution is 2.01. The Bertz CT molecular complexity index is 418. The highest BCUT2D eigenvalue weighted by Gasteiger charge is 2.10. The lowest BCUT2D eigenvalue weighted by Crippen LogP contribution is -2.25. The molecule has 1 aromatic heterocycles. The van der Waals surface area contributed by atoms with Crippen LogP contribution in [0.4, 0.5) is 0 Å². The highest BCUT2D eigenvalue weighted by atomic mass is 16.4. The normalized spacial score (nSPS) is 10.1. The van der Waals surface area contributed by atoms with Gasteiger partial charge in [0.25, 0.3) is 5.91 Å². The van der Waals surface area contributed by atoms with Gasteiger partial charge in [0.1, 0.15) is 11.4 Å². The molecule has 0 aliphatic rings. The van der Waals surface area contributed by atoms with E-state index in [-0.39, 0.29) is 17.3 Å². The third kappa shape index (κ3) is 4.53. The minimum atomic E-state index is -1.13. The molecule has 0 bridgehead atoms. The van der Waals surface area contributed by atoms with Crippen molar-refractivity contribution in [2.24, 2.45) is 0 Å². The summed E-state index contributed by atoms with van der Waals surface area (Å²) < 4.78 is 0. The van der Waals surface area contributed by atoms with Crippen LogP contribution >= 0.6 is 0 Å². The van der Waals surface area contributed by atoms with Crippen LogP contribution in [-0.2, 0) is 0 Å². The van der Waals surface area contributed by atoms with Gasteiger partial charge in [0, 0.05) is 6.54 Å². The summed E-state index contributed by atoms with van der Waals surface area (Å²) in [6.45, 7) is 2.72. The highest BCUT2D eigenvalue weighted by molar-refractivity contribution is 5.94. The number of aromatic nitrogens is 1. The number of amides is 1. The van der Waals surface area contributed by atoms with Crippen molar-refractivity contribution in [3.8, 4) is 0 Å². The third-order valence-corrected chi connectivity index (χ3v) is 2.52. The minimum Gasteiger partial charge on any atom is -0.477 e. The number of unbranched alkanes of at least 4 members (excludes halogenated alkanes) is 3. The molecule has 0 unspecified atom stereocenters. The number of nitrogens with one attached hydrogen (secondary N) is 1. The van der Waals surface area contributed by atoms with E-state index in [0.717, 1.165) is 25.7 Å². The number of rotatable bonds is 7. The number of aromatic carboxylic acids is 1. The van der Waals surface area contributed by atoms with E-state index in [9.17, 15) is 9.59 Å². The standard InChI is InChI=1S/C13H18N2O3/c1-2-3-4-5-9-14-12(16)10-7-6-8-11(15-10)13(17)18/h6-8H,2-5,9H2,1H3,(H,14,16)(H,17,18). The van der Waals surface area contributed by atoms with Crippen LogP contribution in [0.2, 0.25) is 0 Å². The fourth-order valence-electron chi connectivity index (χ4n) is 1.52. The second-order valence-corrected chi connectivity index (χ2v) is 4.03. The number of carboxylic acids is 1. The maximum atomic E-state index is 11.7. The van der Waals surface area contributed by atoms with E-state index in [1.54, 1.807) is 0 Å². The van der Waals surface area contributed by atoms with Crippen molar-refractivity contribution < 1.29 is 14.7 Å². The van der Waals surface area contributed by atoms with Crippen molar-refractivity contribution in [2.45, 2.75) is 32.6 Å². The molecule has 0 atom stereocenters. The van der Waals surface area contributed by atoms with Gasteiger partial charge in [-0.3, -0.25) is 4.79 Å². The molecule has 1 aromatic rings. The number of carbonyl (C=O) groups excluding carboxylic acids is 1. The maximum Gasteiger partial charge on any atom is 0.354 e. The number of hydrogen-bond acceptors (Lipinski definition) is 3. The number of carbonyl (C=O) groups is 2. The van der Waals surface area contributed by atoms with Crippen LogP contribution in [-0.4, -0.2) is 28.5 Å². The lowest BCUT2D eigenvalue weighted by Gasteiger charge is -2.04. The van der Waals surface area contributed by atoms with Crippen molar-refractivity contribution in [3.63, 3.8) is 0 Å². The summed E-state index contributed by atoms with van der Waals surface area (Å²) in [5, 5.41) is 11.5. The summed E-state index contributed by atoms with van der Waals surface area (Å²) in [6, 6.07) is 4.39. The smallest absolute Gasteiger partial charge is 0.354 e. The van der Waals surface area contributed by atoms with Gasteiger partial charge >= 0.3 is 5.97 Å². The zero-order chi connectivity index (χ0) is 13.4. The fourth-order valence-corrected chi connectivity index (χ4v) is 1.52. The summed E-state index contributed by atoms with van der Waals surface area (Å²) in [5.41, 5.74) is 0.0269. The van der Waals surface area contributed by atoms with Gasteiger partial charge in [-0.1, -0.05) is 32.3 Å². The molecular weight excluding hydrogens is 232 g/mol.